The van der Waals surface area contributed by atoms with Crippen molar-refractivity contribution in [3.63, 3.8) is 0 Å². The lowest BCUT2D eigenvalue weighted by atomic mass is 10.1. The Balaban J connectivity index is 2.07. The van der Waals surface area contributed by atoms with Crippen LogP contribution in [0.5, 0.6) is 11.5 Å². The quantitative estimate of drug-likeness (QED) is 0.779. The van der Waals surface area contributed by atoms with Gasteiger partial charge in [0.1, 0.15) is 11.5 Å². The minimum absolute atomic E-state index is 0.185. The summed E-state index contributed by atoms with van der Waals surface area (Å²) in [6.07, 6.45) is 1.47. The number of fused-ring (bicyclic) bond motifs is 1. The first kappa shape index (κ1) is 13.4. The van der Waals surface area contributed by atoms with Crippen LogP contribution in [0.4, 0.5) is 0 Å². The Bertz CT molecular complexity index is 833. The molecule has 1 heterocycles. The molecular weight excluding hydrogens is 290 g/mol. The van der Waals surface area contributed by atoms with Gasteiger partial charge in [0.15, 0.2) is 0 Å². The standard InChI is InChI=1S/C16H10ClNO3/c17-13-3-1-2-4-15(13)21-10-5-6-14-12(9-10)11(16(19)20)7-8-18-14/h1-9H,(H,19,20). The summed E-state index contributed by atoms with van der Waals surface area (Å²) < 4.78 is 5.70. The summed E-state index contributed by atoms with van der Waals surface area (Å²) in [5.41, 5.74) is 0.783. The predicted molar refractivity (Wildman–Crippen MR) is 80.2 cm³/mol. The van der Waals surface area contributed by atoms with Crippen LogP contribution >= 0.6 is 11.6 Å². The zero-order valence-corrected chi connectivity index (χ0v) is 11.5. The lowest BCUT2D eigenvalue weighted by Crippen LogP contribution is -1.98. The van der Waals surface area contributed by atoms with Crippen molar-refractivity contribution in [1.29, 1.82) is 0 Å². The molecule has 1 aromatic heterocycles. The molecule has 3 aromatic rings. The Kier molecular flexibility index (Phi) is 3.46. The third-order valence-corrected chi connectivity index (χ3v) is 3.32. The molecule has 0 aliphatic heterocycles. The number of halogens is 1. The number of ether oxygens (including phenoxy) is 1. The lowest BCUT2D eigenvalue weighted by Gasteiger charge is -2.09. The molecule has 0 spiro atoms. The van der Waals surface area contributed by atoms with Crippen molar-refractivity contribution < 1.29 is 14.6 Å². The van der Waals surface area contributed by atoms with Crippen molar-refractivity contribution in [3.8, 4) is 11.5 Å². The van der Waals surface area contributed by atoms with E-state index in [-0.39, 0.29) is 5.56 Å². The average molecular weight is 300 g/mol. The van der Waals surface area contributed by atoms with Crippen LogP contribution in [-0.4, -0.2) is 16.1 Å². The molecule has 0 unspecified atom stereocenters. The lowest BCUT2D eigenvalue weighted by molar-refractivity contribution is 0.0699. The number of nitrogens with zero attached hydrogens (tertiary/aromatic N) is 1. The summed E-state index contributed by atoms with van der Waals surface area (Å²) in [7, 11) is 0. The van der Waals surface area contributed by atoms with Gasteiger partial charge in [0.25, 0.3) is 0 Å². The molecule has 0 saturated heterocycles. The van der Waals surface area contributed by atoms with Crippen LogP contribution in [0.2, 0.25) is 5.02 Å². The number of carboxylic acids is 1. The van der Waals surface area contributed by atoms with E-state index in [1.165, 1.54) is 12.3 Å². The van der Waals surface area contributed by atoms with Crippen LogP contribution in [-0.2, 0) is 0 Å². The number of rotatable bonds is 3. The molecule has 104 valence electrons. The number of aromatic nitrogens is 1. The van der Waals surface area contributed by atoms with Crippen LogP contribution in [0.1, 0.15) is 10.4 Å². The molecule has 0 atom stereocenters. The Hall–Kier alpha value is -2.59. The highest BCUT2D eigenvalue weighted by molar-refractivity contribution is 6.32. The summed E-state index contributed by atoms with van der Waals surface area (Å²) >= 11 is 6.04. The molecule has 0 amide bonds. The summed E-state index contributed by atoms with van der Waals surface area (Å²) in [4.78, 5) is 15.4. The van der Waals surface area contributed by atoms with Gasteiger partial charge in [-0.05, 0) is 36.4 Å². The Morgan fingerprint density at radius 2 is 1.95 bits per heavy atom. The summed E-state index contributed by atoms with van der Waals surface area (Å²) in [5, 5.41) is 10.2. The number of carboxylic acid groups (broad SMARTS) is 1. The zero-order chi connectivity index (χ0) is 14.8. The fraction of sp³-hybridized carbons (Fsp3) is 0. The van der Waals surface area contributed by atoms with Crippen molar-refractivity contribution in [2.45, 2.75) is 0 Å². The van der Waals surface area contributed by atoms with Gasteiger partial charge in [0.05, 0.1) is 16.1 Å². The number of benzene rings is 2. The highest BCUT2D eigenvalue weighted by atomic mass is 35.5. The van der Waals surface area contributed by atoms with Crippen molar-refractivity contribution >= 4 is 28.5 Å². The van der Waals surface area contributed by atoms with Crippen molar-refractivity contribution in [1.82, 2.24) is 4.98 Å². The number of pyridine rings is 1. The summed E-state index contributed by atoms with van der Waals surface area (Å²) in [6, 6.07) is 13.6. The average Bonchev–Trinajstić information content (AvgIpc) is 2.49. The molecular formula is C16H10ClNO3. The number of hydrogen-bond donors (Lipinski definition) is 1. The SMILES string of the molecule is O=C(O)c1ccnc2ccc(Oc3ccccc3Cl)cc12. The smallest absolute Gasteiger partial charge is 0.336 e. The molecule has 21 heavy (non-hydrogen) atoms. The fourth-order valence-electron chi connectivity index (χ4n) is 2.03. The van der Waals surface area contributed by atoms with E-state index in [0.29, 0.717) is 27.4 Å². The fourth-order valence-corrected chi connectivity index (χ4v) is 2.20. The first-order chi connectivity index (χ1) is 10.1. The maximum Gasteiger partial charge on any atom is 0.336 e. The van der Waals surface area contributed by atoms with Crippen LogP contribution in [0.25, 0.3) is 10.9 Å². The minimum atomic E-state index is -1.00. The van der Waals surface area contributed by atoms with Crippen molar-refractivity contribution in [2.24, 2.45) is 0 Å². The molecule has 3 rings (SSSR count). The van der Waals surface area contributed by atoms with E-state index in [1.807, 2.05) is 12.1 Å². The van der Waals surface area contributed by atoms with Crippen LogP contribution < -0.4 is 4.74 Å². The molecule has 4 nitrogen and oxygen atoms in total. The van der Waals surface area contributed by atoms with E-state index in [2.05, 4.69) is 4.98 Å². The second-order valence-corrected chi connectivity index (χ2v) is 4.78. The minimum Gasteiger partial charge on any atom is -0.478 e. The zero-order valence-electron chi connectivity index (χ0n) is 10.8. The highest BCUT2D eigenvalue weighted by Gasteiger charge is 2.10. The molecule has 0 fully saturated rings. The number of para-hydroxylation sites is 1. The van der Waals surface area contributed by atoms with E-state index in [4.69, 9.17) is 16.3 Å². The van der Waals surface area contributed by atoms with Gasteiger partial charge in [-0.1, -0.05) is 23.7 Å². The molecule has 0 aliphatic rings. The molecule has 0 bridgehead atoms. The van der Waals surface area contributed by atoms with E-state index < -0.39 is 5.97 Å². The second kappa shape index (κ2) is 5.42. The predicted octanol–water partition coefficient (Wildman–Crippen LogP) is 4.38. The summed E-state index contributed by atoms with van der Waals surface area (Å²) in [6.45, 7) is 0. The van der Waals surface area contributed by atoms with E-state index in [9.17, 15) is 9.90 Å². The molecule has 0 aliphatic carbocycles. The normalized spacial score (nSPS) is 10.5. The van der Waals surface area contributed by atoms with E-state index in [0.717, 1.165) is 0 Å². The Morgan fingerprint density at radius 1 is 1.14 bits per heavy atom. The number of carbonyl (C=O) groups is 1. The van der Waals surface area contributed by atoms with Crippen molar-refractivity contribution in [2.75, 3.05) is 0 Å². The third kappa shape index (κ3) is 2.66. The van der Waals surface area contributed by atoms with Crippen LogP contribution in [0.3, 0.4) is 0 Å². The van der Waals surface area contributed by atoms with Gasteiger partial charge in [-0.3, -0.25) is 4.98 Å². The maximum atomic E-state index is 11.2. The van der Waals surface area contributed by atoms with Gasteiger partial charge < -0.3 is 9.84 Å². The Labute approximate surface area is 125 Å². The third-order valence-electron chi connectivity index (χ3n) is 3.01. The molecule has 2 aromatic carbocycles. The number of hydrogen-bond acceptors (Lipinski definition) is 3. The van der Waals surface area contributed by atoms with E-state index in [1.54, 1.807) is 30.3 Å². The van der Waals surface area contributed by atoms with Crippen LogP contribution in [0.15, 0.2) is 54.7 Å². The number of aromatic carboxylic acids is 1. The highest BCUT2D eigenvalue weighted by Crippen LogP contribution is 2.31. The summed E-state index contributed by atoms with van der Waals surface area (Å²) in [5.74, 6) is 0.0164. The van der Waals surface area contributed by atoms with Crippen LogP contribution in [0, 0.1) is 0 Å². The molecule has 5 heteroatoms. The molecule has 0 radical (unpaired) electrons. The van der Waals surface area contributed by atoms with Gasteiger partial charge in [-0.2, -0.15) is 0 Å². The largest absolute Gasteiger partial charge is 0.478 e. The molecule has 1 N–H and O–H groups in total. The van der Waals surface area contributed by atoms with Gasteiger partial charge in [0.2, 0.25) is 0 Å². The first-order valence-electron chi connectivity index (χ1n) is 6.19. The second-order valence-electron chi connectivity index (χ2n) is 4.38. The molecule has 0 saturated carbocycles. The van der Waals surface area contributed by atoms with E-state index >= 15 is 0 Å². The maximum absolute atomic E-state index is 11.2. The van der Waals surface area contributed by atoms with Gasteiger partial charge in [-0.25, -0.2) is 4.79 Å². The van der Waals surface area contributed by atoms with Gasteiger partial charge in [0, 0.05) is 11.6 Å². The first-order valence-corrected chi connectivity index (χ1v) is 6.57. The van der Waals surface area contributed by atoms with Gasteiger partial charge in [-0.15, -0.1) is 0 Å². The van der Waals surface area contributed by atoms with Gasteiger partial charge >= 0.3 is 5.97 Å². The monoisotopic (exact) mass is 299 g/mol. The van der Waals surface area contributed by atoms with Crippen molar-refractivity contribution in [3.05, 3.63) is 65.3 Å². The Morgan fingerprint density at radius 3 is 2.71 bits per heavy atom. The topological polar surface area (TPSA) is 59.4 Å².